The second-order valence-corrected chi connectivity index (χ2v) is 5.73. The normalized spacial score (nSPS) is 18.1. The van der Waals surface area contributed by atoms with Crippen LogP contribution in [-0.4, -0.2) is 36.6 Å². The van der Waals surface area contributed by atoms with Crippen LogP contribution >= 0.6 is 0 Å². The summed E-state index contributed by atoms with van der Waals surface area (Å²) in [6, 6.07) is 0. The first kappa shape index (κ1) is 14.5. The maximum Gasteiger partial charge on any atom is 0.225 e. The lowest BCUT2D eigenvalue weighted by atomic mass is 10.1. The van der Waals surface area contributed by atoms with Gasteiger partial charge in [0.1, 0.15) is 0 Å². The highest BCUT2D eigenvalue weighted by Gasteiger charge is 2.24. The topological polar surface area (TPSA) is 29.5 Å². The molecule has 3 heteroatoms. The Hall–Kier alpha value is -0.570. The lowest BCUT2D eigenvalue weighted by Crippen LogP contribution is -2.42. The summed E-state index contributed by atoms with van der Waals surface area (Å²) in [5, 5.41) is 0. The van der Waals surface area contributed by atoms with E-state index >= 15 is 0 Å². The number of hydrogen-bond acceptors (Lipinski definition) is 2. The fourth-order valence-electron chi connectivity index (χ4n) is 2.08. The number of nitrogens with zero attached hydrogens (tertiary/aromatic N) is 1. The van der Waals surface area contributed by atoms with Gasteiger partial charge in [0.15, 0.2) is 0 Å². The molecule has 0 saturated carbocycles. The molecule has 1 aliphatic rings. The van der Waals surface area contributed by atoms with Gasteiger partial charge >= 0.3 is 0 Å². The molecule has 17 heavy (non-hydrogen) atoms. The monoisotopic (exact) mass is 241 g/mol. The molecule has 0 spiro atoms. The first-order valence-corrected chi connectivity index (χ1v) is 6.91. The van der Waals surface area contributed by atoms with Crippen LogP contribution in [0.3, 0.4) is 0 Å². The predicted octanol–water partition coefficient (Wildman–Crippen LogP) is 2.70. The lowest BCUT2D eigenvalue weighted by Gasteiger charge is -2.33. The third kappa shape index (κ3) is 5.07. The van der Waals surface area contributed by atoms with Crippen molar-refractivity contribution in [3.05, 3.63) is 0 Å². The predicted molar refractivity (Wildman–Crippen MR) is 69.8 cm³/mol. The minimum absolute atomic E-state index is 0.119. The van der Waals surface area contributed by atoms with E-state index in [2.05, 4.69) is 13.8 Å². The molecule has 0 bridgehead atoms. The van der Waals surface area contributed by atoms with Crippen LogP contribution in [0.15, 0.2) is 0 Å². The maximum atomic E-state index is 11.8. The molecule has 100 valence electrons. The van der Waals surface area contributed by atoms with E-state index in [0.717, 1.165) is 39.0 Å². The second-order valence-electron chi connectivity index (χ2n) is 5.73. The molecule has 1 heterocycles. The Morgan fingerprint density at radius 3 is 2.29 bits per heavy atom. The number of piperidine rings is 1. The molecular formula is C14H27NO2. The largest absolute Gasteiger partial charge is 0.378 e. The van der Waals surface area contributed by atoms with E-state index in [9.17, 15) is 4.79 Å². The van der Waals surface area contributed by atoms with E-state index in [1.54, 1.807) is 0 Å². The van der Waals surface area contributed by atoms with Crippen LogP contribution in [0.4, 0.5) is 0 Å². The van der Waals surface area contributed by atoms with E-state index in [1.165, 1.54) is 0 Å². The van der Waals surface area contributed by atoms with E-state index < -0.39 is 0 Å². The van der Waals surface area contributed by atoms with Gasteiger partial charge < -0.3 is 9.64 Å². The molecule has 0 N–H and O–H groups in total. The SMILES string of the molecule is CC(C)CCOC1CCN(C(=O)C(C)C)CC1. The minimum atomic E-state index is 0.119. The molecule has 0 unspecified atom stereocenters. The number of carbonyl (C=O) groups excluding carboxylic acids is 1. The van der Waals surface area contributed by atoms with Crippen molar-refractivity contribution in [3.63, 3.8) is 0 Å². The van der Waals surface area contributed by atoms with Gasteiger partial charge in [-0.05, 0) is 25.2 Å². The zero-order chi connectivity index (χ0) is 12.8. The fourth-order valence-corrected chi connectivity index (χ4v) is 2.08. The quantitative estimate of drug-likeness (QED) is 0.740. The molecule has 0 aromatic carbocycles. The van der Waals surface area contributed by atoms with Gasteiger partial charge in [0, 0.05) is 25.6 Å². The molecule has 0 aromatic heterocycles. The number of amides is 1. The van der Waals surface area contributed by atoms with Crippen molar-refractivity contribution < 1.29 is 9.53 Å². The van der Waals surface area contributed by atoms with Crippen molar-refractivity contribution in [2.24, 2.45) is 11.8 Å². The standard InChI is InChI=1S/C14H27NO2/c1-11(2)7-10-17-13-5-8-15(9-6-13)14(16)12(3)4/h11-13H,5-10H2,1-4H3. The van der Waals surface area contributed by atoms with Gasteiger partial charge in [-0.25, -0.2) is 0 Å². The summed E-state index contributed by atoms with van der Waals surface area (Å²) in [6.07, 6.45) is 3.49. The summed E-state index contributed by atoms with van der Waals surface area (Å²) < 4.78 is 5.84. The highest BCUT2D eigenvalue weighted by molar-refractivity contribution is 5.78. The van der Waals surface area contributed by atoms with Crippen LogP contribution in [0, 0.1) is 11.8 Å². The lowest BCUT2D eigenvalue weighted by molar-refractivity contribution is -0.137. The maximum absolute atomic E-state index is 11.8. The van der Waals surface area contributed by atoms with Crippen LogP contribution in [0.1, 0.15) is 47.0 Å². The Morgan fingerprint density at radius 2 is 1.82 bits per heavy atom. The average Bonchev–Trinajstić information content (AvgIpc) is 2.28. The number of carbonyl (C=O) groups is 1. The minimum Gasteiger partial charge on any atom is -0.378 e. The Labute approximate surface area is 106 Å². The first-order valence-electron chi connectivity index (χ1n) is 6.91. The van der Waals surface area contributed by atoms with Crippen molar-refractivity contribution >= 4 is 5.91 Å². The summed E-state index contributed by atoms with van der Waals surface area (Å²) in [5.41, 5.74) is 0. The van der Waals surface area contributed by atoms with Crippen LogP contribution in [0.25, 0.3) is 0 Å². The number of likely N-dealkylation sites (tertiary alicyclic amines) is 1. The molecule has 1 saturated heterocycles. The number of hydrogen-bond donors (Lipinski definition) is 0. The molecule has 0 atom stereocenters. The van der Waals surface area contributed by atoms with Gasteiger partial charge in [0.05, 0.1) is 6.10 Å². The van der Waals surface area contributed by atoms with E-state index in [4.69, 9.17) is 4.74 Å². The Balaban J connectivity index is 2.19. The highest BCUT2D eigenvalue weighted by Crippen LogP contribution is 2.16. The fraction of sp³-hybridized carbons (Fsp3) is 0.929. The summed E-state index contributed by atoms with van der Waals surface area (Å²) >= 11 is 0. The van der Waals surface area contributed by atoms with Gasteiger partial charge in [0.25, 0.3) is 0 Å². The molecule has 0 aliphatic carbocycles. The number of rotatable bonds is 5. The molecule has 3 nitrogen and oxygen atoms in total. The van der Waals surface area contributed by atoms with Crippen LogP contribution < -0.4 is 0 Å². The van der Waals surface area contributed by atoms with Crippen LogP contribution in [0.5, 0.6) is 0 Å². The summed E-state index contributed by atoms with van der Waals surface area (Å²) in [4.78, 5) is 13.8. The van der Waals surface area contributed by atoms with E-state index in [1.807, 2.05) is 18.7 Å². The molecule has 1 rings (SSSR count). The molecular weight excluding hydrogens is 214 g/mol. The Morgan fingerprint density at radius 1 is 1.24 bits per heavy atom. The Bertz CT molecular complexity index is 230. The van der Waals surface area contributed by atoms with Gasteiger partial charge in [-0.2, -0.15) is 0 Å². The summed E-state index contributed by atoms with van der Waals surface area (Å²) in [7, 11) is 0. The highest BCUT2D eigenvalue weighted by atomic mass is 16.5. The summed E-state index contributed by atoms with van der Waals surface area (Å²) in [5.74, 6) is 1.11. The van der Waals surface area contributed by atoms with E-state index in [0.29, 0.717) is 12.0 Å². The zero-order valence-corrected chi connectivity index (χ0v) is 11.7. The molecule has 0 aromatic rings. The second kappa shape index (κ2) is 7.00. The van der Waals surface area contributed by atoms with E-state index in [-0.39, 0.29) is 11.8 Å². The van der Waals surface area contributed by atoms with Crippen LogP contribution in [0.2, 0.25) is 0 Å². The van der Waals surface area contributed by atoms with Crippen molar-refractivity contribution in [2.45, 2.75) is 53.1 Å². The van der Waals surface area contributed by atoms with Crippen LogP contribution in [-0.2, 0) is 9.53 Å². The van der Waals surface area contributed by atoms with Gasteiger partial charge in [-0.1, -0.05) is 27.7 Å². The Kier molecular flexibility index (Phi) is 5.96. The molecule has 1 fully saturated rings. The number of ether oxygens (including phenoxy) is 1. The smallest absolute Gasteiger partial charge is 0.225 e. The van der Waals surface area contributed by atoms with Gasteiger partial charge in [-0.15, -0.1) is 0 Å². The zero-order valence-electron chi connectivity index (χ0n) is 11.7. The van der Waals surface area contributed by atoms with Crippen molar-refractivity contribution in [1.82, 2.24) is 4.90 Å². The van der Waals surface area contributed by atoms with Crippen molar-refractivity contribution in [2.75, 3.05) is 19.7 Å². The molecule has 1 amide bonds. The summed E-state index contributed by atoms with van der Waals surface area (Å²) in [6.45, 7) is 11.0. The third-order valence-electron chi connectivity index (χ3n) is 3.30. The average molecular weight is 241 g/mol. The molecule has 1 aliphatic heterocycles. The van der Waals surface area contributed by atoms with Crippen molar-refractivity contribution in [3.8, 4) is 0 Å². The molecule has 0 radical (unpaired) electrons. The first-order chi connectivity index (χ1) is 8.00. The van der Waals surface area contributed by atoms with Gasteiger partial charge in [0.2, 0.25) is 5.91 Å². The van der Waals surface area contributed by atoms with Gasteiger partial charge in [-0.3, -0.25) is 4.79 Å². The third-order valence-corrected chi connectivity index (χ3v) is 3.30. The van der Waals surface area contributed by atoms with Crippen molar-refractivity contribution in [1.29, 1.82) is 0 Å².